The van der Waals surface area contributed by atoms with E-state index >= 15 is 0 Å². The second-order valence-electron chi connectivity index (χ2n) is 5.57. The summed E-state index contributed by atoms with van der Waals surface area (Å²) in [4.78, 5) is 2.29. The lowest BCUT2D eigenvalue weighted by atomic mass is 10.0. The van der Waals surface area contributed by atoms with Crippen molar-refractivity contribution < 1.29 is 8.78 Å². The van der Waals surface area contributed by atoms with Gasteiger partial charge >= 0.3 is 0 Å². The molecule has 2 nitrogen and oxygen atoms in total. The van der Waals surface area contributed by atoms with Crippen LogP contribution in [0, 0.1) is 11.6 Å². The van der Waals surface area contributed by atoms with Gasteiger partial charge in [-0.1, -0.05) is 6.07 Å². The average Bonchev–Trinajstić information content (AvgIpc) is 2.34. The fourth-order valence-corrected chi connectivity index (χ4v) is 2.80. The predicted molar refractivity (Wildman–Crippen MR) is 73.2 cm³/mol. The third-order valence-electron chi connectivity index (χ3n) is 3.72. The minimum atomic E-state index is -0.450. The number of halogens is 2. The van der Waals surface area contributed by atoms with E-state index in [0.717, 1.165) is 19.5 Å². The highest BCUT2D eigenvalue weighted by atomic mass is 19.1. The fraction of sp³-hybridized carbons (Fsp3) is 0.600. The molecule has 0 radical (unpaired) electrons. The molecule has 1 fully saturated rings. The Morgan fingerprint density at radius 3 is 2.68 bits per heavy atom. The highest BCUT2D eigenvalue weighted by molar-refractivity contribution is 5.20. The van der Waals surface area contributed by atoms with Crippen molar-refractivity contribution in [3.8, 4) is 0 Å². The molecule has 0 aliphatic carbocycles. The molecule has 0 amide bonds. The molecule has 0 spiro atoms. The van der Waals surface area contributed by atoms with Gasteiger partial charge in [0, 0.05) is 24.2 Å². The van der Waals surface area contributed by atoms with Crippen molar-refractivity contribution in [2.75, 3.05) is 20.1 Å². The van der Waals surface area contributed by atoms with E-state index in [9.17, 15) is 8.78 Å². The third-order valence-corrected chi connectivity index (χ3v) is 3.72. The van der Waals surface area contributed by atoms with E-state index in [1.54, 1.807) is 0 Å². The van der Waals surface area contributed by atoms with Crippen LogP contribution in [0.3, 0.4) is 0 Å². The quantitative estimate of drug-likeness (QED) is 0.903. The van der Waals surface area contributed by atoms with E-state index in [4.69, 9.17) is 0 Å². The predicted octanol–water partition coefficient (Wildman–Crippen LogP) is 2.58. The van der Waals surface area contributed by atoms with Crippen LogP contribution in [0.15, 0.2) is 18.2 Å². The van der Waals surface area contributed by atoms with Crippen LogP contribution in [0.4, 0.5) is 8.78 Å². The van der Waals surface area contributed by atoms with Gasteiger partial charge in [-0.05, 0) is 51.9 Å². The van der Waals surface area contributed by atoms with Crippen molar-refractivity contribution in [1.29, 1.82) is 0 Å². The van der Waals surface area contributed by atoms with Gasteiger partial charge in [0.2, 0.25) is 0 Å². The lowest BCUT2D eigenvalue weighted by Gasteiger charge is -2.32. The molecule has 1 aromatic rings. The van der Waals surface area contributed by atoms with Crippen molar-refractivity contribution in [3.63, 3.8) is 0 Å². The number of benzene rings is 1. The highest BCUT2D eigenvalue weighted by Crippen LogP contribution is 2.15. The molecule has 1 N–H and O–H groups in total. The van der Waals surface area contributed by atoms with Gasteiger partial charge in [0.1, 0.15) is 11.6 Å². The van der Waals surface area contributed by atoms with Crippen LogP contribution in [0.2, 0.25) is 0 Å². The Balaban J connectivity index is 1.92. The number of piperidine rings is 1. The first-order valence-electron chi connectivity index (χ1n) is 6.93. The second kappa shape index (κ2) is 6.44. The molecule has 1 aromatic carbocycles. The summed E-state index contributed by atoms with van der Waals surface area (Å²) in [6, 6.07) is 4.54. The van der Waals surface area contributed by atoms with Gasteiger partial charge < -0.3 is 10.2 Å². The Morgan fingerprint density at radius 2 is 2.05 bits per heavy atom. The molecule has 106 valence electrons. The molecular formula is C15H22F2N2. The van der Waals surface area contributed by atoms with Crippen LogP contribution in [0.1, 0.15) is 25.3 Å². The third kappa shape index (κ3) is 3.98. The molecule has 0 aromatic heterocycles. The maximum Gasteiger partial charge on any atom is 0.129 e. The Morgan fingerprint density at radius 1 is 1.37 bits per heavy atom. The first-order chi connectivity index (χ1) is 9.06. The molecule has 1 aliphatic heterocycles. The number of rotatable bonds is 4. The number of likely N-dealkylation sites (tertiary alicyclic amines) is 1. The fourth-order valence-electron chi connectivity index (χ4n) is 2.80. The van der Waals surface area contributed by atoms with E-state index in [0.29, 0.717) is 12.5 Å². The van der Waals surface area contributed by atoms with Gasteiger partial charge in [-0.3, -0.25) is 0 Å². The summed E-state index contributed by atoms with van der Waals surface area (Å²) < 4.78 is 27.2. The standard InChI is InChI=1S/C15H22F2N2/c1-11(18-12-5-4-8-19(2)10-12)9-13-14(16)6-3-7-15(13)17/h3,6-7,11-12,18H,4-5,8-10H2,1-2H3. The second-order valence-corrected chi connectivity index (χ2v) is 5.57. The van der Waals surface area contributed by atoms with Gasteiger partial charge in [-0.2, -0.15) is 0 Å². The van der Waals surface area contributed by atoms with E-state index in [1.807, 2.05) is 6.92 Å². The largest absolute Gasteiger partial charge is 0.310 e. The number of nitrogens with zero attached hydrogens (tertiary/aromatic N) is 1. The lowest BCUT2D eigenvalue weighted by Crippen LogP contribution is -2.47. The molecule has 0 bridgehead atoms. The normalized spacial score (nSPS) is 22.4. The smallest absolute Gasteiger partial charge is 0.129 e. The molecule has 19 heavy (non-hydrogen) atoms. The van der Waals surface area contributed by atoms with Crippen LogP contribution in [-0.4, -0.2) is 37.1 Å². The van der Waals surface area contributed by atoms with Crippen LogP contribution in [0.5, 0.6) is 0 Å². The zero-order valence-corrected chi connectivity index (χ0v) is 11.6. The molecular weight excluding hydrogens is 246 g/mol. The van der Waals surface area contributed by atoms with Crippen LogP contribution >= 0.6 is 0 Å². The minimum absolute atomic E-state index is 0.0721. The Labute approximate surface area is 113 Å². The van der Waals surface area contributed by atoms with Crippen molar-refractivity contribution in [1.82, 2.24) is 10.2 Å². The van der Waals surface area contributed by atoms with E-state index in [2.05, 4.69) is 17.3 Å². The van der Waals surface area contributed by atoms with Gasteiger partial charge in [-0.25, -0.2) is 8.78 Å². The lowest BCUT2D eigenvalue weighted by molar-refractivity contribution is 0.217. The molecule has 4 heteroatoms. The Kier molecular flexibility index (Phi) is 4.88. The van der Waals surface area contributed by atoms with Crippen molar-refractivity contribution in [2.24, 2.45) is 0 Å². The molecule has 1 aliphatic rings. The summed E-state index contributed by atoms with van der Waals surface area (Å²) in [5.41, 5.74) is 0.187. The first-order valence-corrected chi connectivity index (χ1v) is 6.93. The molecule has 1 heterocycles. The van der Waals surface area contributed by atoms with Crippen molar-refractivity contribution in [2.45, 2.75) is 38.3 Å². The average molecular weight is 268 g/mol. The number of likely N-dealkylation sites (N-methyl/N-ethyl adjacent to an activating group) is 1. The maximum atomic E-state index is 13.6. The number of hydrogen-bond donors (Lipinski definition) is 1. The zero-order chi connectivity index (χ0) is 13.8. The summed E-state index contributed by atoms with van der Waals surface area (Å²) in [6.45, 7) is 4.12. The summed E-state index contributed by atoms with van der Waals surface area (Å²) in [7, 11) is 2.11. The van der Waals surface area contributed by atoms with Crippen molar-refractivity contribution in [3.05, 3.63) is 35.4 Å². The van der Waals surface area contributed by atoms with Crippen LogP contribution in [-0.2, 0) is 6.42 Å². The minimum Gasteiger partial charge on any atom is -0.310 e. The number of hydrogen-bond acceptors (Lipinski definition) is 2. The van der Waals surface area contributed by atoms with Gasteiger partial charge in [0.05, 0.1) is 0 Å². The maximum absolute atomic E-state index is 13.6. The van der Waals surface area contributed by atoms with Crippen molar-refractivity contribution >= 4 is 0 Å². The number of nitrogens with one attached hydrogen (secondary N) is 1. The van der Waals surface area contributed by atoms with E-state index < -0.39 is 11.6 Å². The topological polar surface area (TPSA) is 15.3 Å². The van der Waals surface area contributed by atoms with E-state index in [1.165, 1.54) is 24.6 Å². The summed E-state index contributed by atoms with van der Waals surface area (Å²) in [5.74, 6) is -0.899. The Hall–Kier alpha value is -1.00. The van der Waals surface area contributed by atoms with Crippen LogP contribution < -0.4 is 5.32 Å². The summed E-state index contributed by atoms with van der Waals surface area (Å²) in [6.07, 6.45) is 2.70. The Bertz CT molecular complexity index is 402. The molecule has 0 saturated carbocycles. The van der Waals surface area contributed by atoms with Gasteiger partial charge in [0.15, 0.2) is 0 Å². The molecule has 2 unspecified atom stereocenters. The molecule has 2 rings (SSSR count). The van der Waals surface area contributed by atoms with E-state index in [-0.39, 0.29) is 11.6 Å². The highest BCUT2D eigenvalue weighted by Gasteiger charge is 2.20. The zero-order valence-electron chi connectivity index (χ0n) is 11.6. The monoisotopic (exact) mass is 268 g/mol. The molecule has 1 saturated heterocycles. The first kappa shape index (κ1) is 14.4. The summed E-state index contributed by atoms with van der Waals surface area (Å²) >= 11 is 0. The molecule has 2 atom stereocenters. The van der Waals surface area contributed by atoms with Crippen LogP contribution in [0.25, 0.3) is 0 Å². The SMILES string of the molecule is CC(Cc1c(F)cccc1F)NC1CCCN(C)C1. The summed E-state index contributed by atoms with van der Waals surface area (Å²) in [5, 5.41) is 3.48. The van der Waals surface area contributed by atoms with Gasteiger partial charge in [0.25, 0.3) is 0 Å². The van der Waals surface area contributed by atoms with Gasteiger partial charge in [-0.15, -0.1) is 0 Å².